The number of aliphatic hydroxyl groups is 1. The normalized spacial score (nSPS) is 31.1. The Kier molecular flexibility index (Phi) is 3.84. The number of hydrogen-bond donors (Lipinski definition) is 2. The summed E-state index contributed by atoms with van der Waals surface area (Å²) >= 11 is 0. The van der Waals surface area contributed by atoms with Gasteiger partial charge < -0.3 is 19.9 Å². The molecule has 0 bridgehead atoms. The molecule has 2 N–H and O–H groups in total. The van der Waals surface area contributed by atoms with Crippen molar-refractivity contribution in [2.45, 2.75) is 30.5 Å². The number of aliphatic hydroxyl groups excluding tert-OH is 1. The van der Waals surface area contributed by atoms with E-state index in [1.165, 1.54) is 12.1 Å². The molecule has 2 aliphatic rings. The molecule has 22 heavy (non-hydrogen) atoms. The second-order valence-corrected chi connectivity index (χ2v) is 5.29. The maximum atomic E-state index is 12.9. The number of halogens is 3. The van der Waals surface area contributed by atoms with Gasteiger partial charge in [-0.25, -0.2) is 0 Å². The lowest BCUT2D eigenvalue weighted by Crippen LogP contribution is -2.44. The average Bonchev–Trinajstić information content (AvgIpc) is 3.02. The second kappa shape index (κ2) is 5.53. The maximum absolute atomic E-state index is 12.9. The van der Waals surface area contributed by atoms with Crippen LogP contribution in [0.15, 0.2) is 24.3 Å². The van der Waals surface area contributed by atoms with Gasteiger partial charge in [0.15, 0.2) is 0 Å². The van der Waals surface area contributed by atoms with Crippen molar-refractivity contribution in [1.82, 2.24) is 5.32 Å². The Bertz CT molecular complexity index is 577. The SMILES string of the molecule is O=C(N[C@H]1CO[C@H]2[C@@H]1OC[C@H]2O)c1ccccc1C(F)(F)F. The van der Waals surface area contributed by atoms with Gasteiger partial charge in [-0.05, 0) is 12.1 Å². The van der Waals surface area contributed by atoms with E-state index in [0.29, 0.717) is 0 Å². The third kappa shape index (κ3) is 2.69. The van der Waals surface area contributed by atoms with Crippen LogP contribution in [0.25, 0.3) is 0 Å². The topological polar surface area (TPSA) is 67.8 Å². The molecule has 2 fully saturated rings. The van der Waals surface area contributed by atoms with Gasteiger partial charge in [-0.3, -0.25) is 4.79 Å². The van der Waals surface area contributed by atoms with E-state index >= 15 is 0 Å². The molecule has 120 valence electrons. The molecule has 1 aromatic rings. The zero-order chi connectivity index (χ0) is 15.9. The Balaban J connectivity index is 1.76. The molecule has 2 aliphatic heterocycles. The first-order valence-corrected chi connectivity index (χ1v) is 6.76. The molecule has 1 amide bonds. The number of alkyl halides is 3. The smallest absolute Gasteiger partial charge is 0.388 e. The van der Waals surface area contributed by atoms with E-state index in [-0.39, 0.29) is 13.2 Å². The number of amides is 1. The number of hydrogen-bond acceptors (Lipinski definition) is 4. The van der Waals surface area contributed by atoms with Gasteiger partial charge in [-0.2, -0.15) is 13.2 Å². The highest BCUT2D eigenvalue weighted by Gasteiger charge is 2.48. The van der Waals surface area contributed by atoms with Crippen molar-refractivity contribution in [2.75, 3.05) is 13.2 Å². The van der Waals surface area contributed by atoms with Crippen LogP contribution >= 0.6 is 0 Å². The van der Waals surface area contributed by atoms with Gasteiger partial charge in [0.1, 0.15) is 18.3 Å². The van der Waals surface area contributed by atoms with Gasteiger partial charge in [0, 0.05) is 0 Å². The largest absolute Gasteiger partial charge is 0.417 e. The minimum atomic E-state index is -4.61. The van der Waals surface area contributed by atoms with Crippen LogP contribution < -0.4 is 5.32 Å². The molecule has 2 heterocycles. The summed E-state index contributed by atoms with van der Waals surface area (Å²) in [6.07, 6.45) is -6.49. The van der Waals surface area contributed by atoms with Crippen LogP contribution in [0, 0.1) is 0 Å². The highest BCUT2D eigenvalue weighted by atomic mass is 19.4. The number of fused-ring (bicyclic) bond motifs is 1. The average molecular weight is 317 g/mol. The number of carbonyl (C=O) groups is 1. The monoisotopic (exact) mass is 317 g/mol. The third-order valence-corrected chi connectivity index (χ3v) is 3.82. The number of benzene rings is 1. The molecule has 0 saturated carbocycles. The molecule has 4 atom stereocenters. The van der Waals surface area contributed by atoms with E-state index in [1.807, 2.05) is 0 Å². The fourth-order valence-corrected chi connectivity index (χ4v) is 2.78. The van der Waals surface area contributed by atoms with Crippen LogP contribution in [0.3, 0.4) is 0 Å². The Labute approximate surface area is 124 Å². The van der Waals surface area contributed by atoms with Gasteiger partial charge in [0.2, 0.25) is 0 Å². The van der Waals surface area contributed by atoms with Crippen LogP contribution in [-0.2, 0) is 15.7 Å². The zero-order valence-corrected chi connectivity index (χ0v) is 11.3. The zero-order valence-electron chi connectivity index (χ0n) is 11.3. The molecule has 0 unspecified atom stereocenters. The fraction of sp³-hybridized carbons (Fsp3) is 0.500. The first-order chi connectivity index (χ1) is 10.4. The molecule has 1 aromatic carbocycles. The highest BCUT2D eigenvalue weighted by molar-refractivity contribution is 5.96. The van der Waals surface area contributed by atoms with E-state index in [0.717, 1.165) is 12.1 Å². The van der Waals surface area contributed by atoms with Crippen LogP contribution in [0.5, 0.6) is 0 Å². The summed E-state index contributed by atoms with van der Waals surface area (Å²) < 4.78 is 49.4. The lowest BCUT2D eigenvalue weighted by Gasteiger charge is -2.19. The quantitative estimate of drug-likeness (QED) is 0.853. The summed E-state index contributed by atoms with van der Waals surface area (Å²) in [5.74, 6) is -0.841. The lowest BCUT2D eigenvalue weighted by molar-refractivity contribution is -0.137. The fourth-order valence-electron chi connectivity index (χ4n) is 2.78. The predicted octanol–water partition coefficient (Wildman–Crippen LogP) is 0.962. The lowest BCUT2D eigenvalue weighted by atomic mass is 10.0. The molecule has 0 radical (unpaired) electrons. The molecule has 0 aromatic heterocycles. The molecule has 3 rings (SSSR count). The second-order valence-electron chi connectivity index (χ2n) is 5.29. The van der Waals surface area contributed by atoms with Crippen molar-refractivity contribution >= 4 is 5.91 Å². The number of carbonyl (C=O) groups excluding carboxylic acids is 1. The molecular weight excluding hydrogens is 303 g/mol. The number of ether oxygens (including phenoxy) is 2. The van der Waals surface area contributed by atoms with E-state index < -0.39 is 47.6 Å². The summed E-state index contributed by atoms with van der Waals surface area (Å²) in [4.78, 5) is 12.2. The summed E-state index contributed by atoms with van der Waals surface area (Å²) in [7, 11) is 0. The molecule has 0 aliphatic carbocycles. The van der Waals surface area contributed by atoms with Crippen LogP contribution in [0.2, 0.25) is 0 Å². The van der Waals surface area contributed by atoms with Crippen molar-refractivity contribution in [3.63, 3.8) is 0 Å². The van der Waals surface area contributed by atoms with Crippen molar-refractivity contribution in [3.05, 3.63) is 35.4 Å². The minimum Gasteiger partial charge on any atom is -0.388 e. The number of rotatable bonds is 2. The van der Waals surface area contributed by atoms with E-state index in [1.54, 1.807) is 0 Å². The maximum Gasteiger partial charge on any atom is 0.417 e. The van der Waals surface area contributed by atoms with Gasteiger partial charge >= 0.3 is 6.18 Å². The van der Waals surface area contributed by atoms with Crippen molar-refractivity contribution in [1.29, 1.82) is 0 Å². The van der Waals surface area contributed by atoms with Crippen LogP contribution in [0.1, 0.15) is 15.9 Å². The molecule has 0 spiro atoms. The first-order valence-electron chi connectivity index (χ1n) is 6.76. The Morgan fingerprint density at radius 1 is 1.18 bits per heavy atom. The summed E-state index contributed by atoms with van der Waals surface area (Å²) in [5, 5.41) is 12.1. The number of nitrogens with one attached hydrogen (secondary N) is 1. The van der Waals surface area contributed by atoms with Gasteiger partial charge in [-0.1, -0.05) is 12.1 Å². The first kappa shape index (κ1) is 15.3. The summed E-state index contributed by atoms with van der Waals surface area (Å²) in [6.45, 7) is 0.174. The van der Waals surface area contributed by atoms with Crippen LogP contribution in [-0.4, -0.2) is 48.6 Å². The van der Waals surface area contributed by atoms with Gasteiger partial charge in [0.05, 0.1) is 30.4 Å². The summed E-state index contributed by atoms with van der Waals surface area (Å²) in [5.41, 5.74) is -1.44. The molecule has 5 nitrogen and oxygen atoms in total. The van der Waals surface area contributed by atoms with Crippen molar-refractivity contribution in [3.8, 4) is 0 Å². The van der Waals surface area contributed by atoms with Gasteiger partial charge in [-0.15, -0.1) is 0 Å². The van der Waals surface area contributed by atoms with E-state index in [2.05, 4.69) is 5.32 Å². The molecule has 2 saturated heterocycles. The van der Waals surface area contributed by atoms with Gasteiger partial charge in [0.25, 0.3) is 5.91 Å². The Morgan fingerprint density at radius 2 is 1.86 bits per heavy atom. The van der Waals surface area contributed by atoms with E-state index in [4.69, 9.17) is 9.47 Å². The summed E-state index contributed by atoms with van der Waals surface area (Å²) in [6, 6.07) is 3.99. The molecule has 8 heteroatoms. The van der Waals surface area contributed by atoms with Crippen LogP contribution in [0.4, 0.5) is 13.2 Å². The highest BCUT2D eigenvalue weighted by Crippen LogP contribution is 2.32. The Hall–Kier alpha value is -1.64. The third-order valence-electron chi connectivity index (χ3n) is 3.82. The van der Waals surface area contributed by atoms with Crippen molar-refractivity contribution in [2.24, 2.45) is 0 Å². The van der Waals surface area contributed by atoms with Crippen molar-refractivity contribution < 1.29 is 32.5 Å². The standard InChI is InChI=1S/C14H14F3NO4/c15-14(16,17)8-4-2-1-3-7(8)13(20)18-9-5-21-12-10(19)6-22-11(9)12/h1-4,9-12,19H,5-6H2,(H,18,20)/t9-,10+,11+,12+/m0/s1. The minimum absolute atomic E-state index is 0.0842. The van der Waals surface area contributed by atoms with E-state index in [9.17, 15) is 23.1 Å². The molecular formula is C14H14F3NO4. The predicted molar refractivity (Wildman–Crippen MR) is 68.2 cm³/mol. The Morgan fingerprint density at radius 3 is 2.59 bits per heavy atom.